The molecule has 3 rings (SSSR count). The highest BCUT2D eigenvalue weighted by atomic mass is 16.5. The molecule has 0 unspecified atom stereocenters. The summed E-state index contributed by atoms with van der Waals surface area (Å²) >= 11 is 0. The van der Waals surface area contributed by atoms with Gasteiger partial charge in [-0.2, -0.15) is 10.1 Å². The van der Waals surface area contributed by atoms with Crippen LogP contribution < -0.4 is 15.4 Å². The molecule has 128 valence electrons. The standard InChI is InChI=1S/C19H21N5O/c1-4-14-9-7-8-13(2)18(14)22-17-12-20-24-19(23-17)21-15-10-5-6-11-16(15)25-3/h5-12H,4H2,1-3H3,(H2,21,22,23,24). The van der Waals surface area contributed by atoms with Gasteiger partial charge in [0.05, 0.1) is 19.0 Å². The first-order chi connectivity index (χ1) is 12.2. The molecule has 2 N–H and O–H groups in total. The Balaban J connectivity index is 1.85. The fraction of sp³-hybridized carbons (Fsp3) is 0.211. The molecule has 0 aliphatic rings. The molecular formula is C19H21N5O. The van der Waals surface area contributed by atoms with Gasteiger partial charge in [-0.1, -0.05) is 37.3 Å². The van der Waals surface area contributed by atoms with Gasteiger partial charge < -0.3 is 15.4 Å². The van der Waals surface area contributed by atoms with Crippen molar-refractivity contribution >= 4 is 23.1 Å². The highest BCUT2D eigenvalue weighted by Gasteiger charge is 2.08. The molecule has 3 aromatic rings. The number of nitrogens with zero attached hydrogens (tertiary/aromatic N) is 3. The Morgan fingerprint density at radius 2 is 1.88 bits per heavy atom. The molecule has 0 fully saturated rings. The smallest absolute Gasteiger partial charge is 0.249 e. The van der Waals surface area contributed by atoms with E-state index in [-0.39, 0.29) is 0 Å². The first-order valence-electron chi connectivity index (χ1n) is 8.16. The van der Waals surface area contributed by atoms with Gasteiger partial charge in [-0.15, -0.1) is 5.10 Å². The van der Waals surface area contributed by atoms with Crippen LogP contribution in [0.25, 0.3) is 0 Å². The van der Waals surface area contributed by atoms with E-state index in [1.807, 2.05) is 24.3 Å². The van der Waals surface area contributed by atoms with E-state index in [1.54, 1.807) is 13.3 Å². The van der Waals surface area contributed by atoms with Gasteiger partial charge in [0.2, 0.25) is 5.95 Å². The van der Waals surface area contributed by atoms with Crippen molar-refractivity contribution in [3.63, 3.8) is 0 Å². The van der Waals surface area contributed by atoms with E-state index in [0.717, 1.165) is 29.1 Å². The first-order valence-corrected chi connectivity index (χ1v) is 8.16. The van der Waals surface area contributed by atoms with E-state index >= 15 is 0 Å². The largest absolute Gasteiger partial charge is 0.495 e. The molecule has 6 heteroatoms. The summed E-state index contributed by atoms with van der Waals surface area (Å²) in [5.74, 6) is 1.76. The SMILES string of the molecule is CCc1cccc(C)c1Nc1cnnc(Nc2ccccc2OC)n1. The number of anilines is 4. The van der Waals surface area contributed by atoms with Crippen LogP contribution >= 0.6 is 0 Å². The quantitative estimate of drug-likeness (QED) is 0.702. The predicted molar refractivity (Wildman–Crippen MR) is 99.9 cm³/mol. The molecule has 2 aromatic carbocycles. The van der Waals surface area contributed by atoms with E-state index in [9.17, 15) is 0 Å². The Morgan fingerprint density at radius 3 is 2.68 bits per heavy atom. The summed E-state index contributed by atoms with van der Waals surface area (Å²) in [7, 11) is 1.63. The van der Waals surface area contributed by atoms with Crippen molar-refractivity contribution in [2.45, 2.75) is 20.3 Å². The van der Waals surface area contributed by atoms with Crippen LogP contribution in [0.2, 0.25) is 0 Å². The number of nitrogens with one attached hydrogen (secondary N) is 2. The zero-order valence-corrected chi connectivity index (χ0v) is 14.6. The van der Waals surface area contributed by atoms with Gasteiger partial charge in [0.1, 0.15) is 5.75 Å². The van der Waals surface area contributed by atoms with Crippen LogP contribution in [0.15, 0.2) is 48.7 Å². The van der Waals surface area contributed by atoms with Gasteiger partial charge in [-0.05, 0) is 36.6 Å². The van der Waals surface area contributed by atoms with Crippen molar-refractivity contribution in [1.29, 1.82) is 0 Å². The Kier molecular flexibility index (Phi) is 5.09. The molecule has 1 aromatic heterocycles. The molecule has 0 saturated carbocycles. The van der Waals surface area contributed by atoms with Crippen LogP contribution in [0.3, 0.4) is 0 Å². The van der Waals surface area contributed by atoms with Crippen molar-refractivity contribution in [3.05, 3.63) is 59.8 Å². The second-order valence-corrected chi connectivity index (χ2v) is 5.58. The first kappa shape index (κ1) is 16.7. The van der Waals surface area contributed by atoms with Crippen molar-refractivity contribution < 1.29 is 4.74 Å². The Morgan fingerprint density at radius 1 is 1.04 bits per heavy atom. The van der Waals surface area contributed by atoms with Crippen LogP contribution in [-0.4, -0.2) is 22.3 Å². The summed E-state index contributed by atoms with van der Waals surface area (Å²) in [4.78, 5) is 4.50. The molecule has 0 amide bonds. The Labute approximate surface area is 147 Å². The summed E-state index contributed by atoms with van der Waals surface area (Å²) in [5.41, 5.74) is 4.25. The van der Waals surface area contributed by atoms with Crippen LogP contribution in [0.4, 0.5) is 23.1 Å². The molecule has 0 spiro atoms. The van der Waals surface area contributed by atoms with Crippen molar-refractivity contribution in [2.75, 3.05) is 17.7 Å². The lowest BCUT2D eigenvalue weighted by Gasteiger charge is -2.14. The average Bonchev–Trinajstić information content (AvgIpc) is 2.64. The minimum atomic E-state index is 0.404. The topological polar surface area (TPSA) is 72.0 Å². The number of hydrogen-bond donors (Lipinski definition) is 2. The zero-order valence-electron chi connectivity index (χ0n) is 14.6. The molecule has 0 aliphatic heterocycles. The maximum Gasteiger partial charge on any atom is 0.249 e. The minimum Gasteiger partial charge on any atom is -0.495 e. The minimum absolute atomic E-state index is 0.404. The van der Waals surface area contributed by atoms with Gasteiger partial charge in [-0.3, -0.25) is 0 Å². The third kappa shape index (κ3) is 3.85. The Bertz CT molecular complexity index is 866. The van der Waals surface area contributed by atoms with Crippen LogP contribution in [0.1, 0.15) is 18.1 Å². The summed E-state index contributed by atoms with van der Waals surface area (Å²) in [5, 5.41) is 14.6. The van der Waals surface area contributed by atoms with Crippen molar-refractivity contribution in [2.24, 2.45) is 0 Å². The van der Waals surface area contributed by atoms with Crippen LogP contribution in [0.5, 0.6) is 5.75 Å². The molecule has 0 atom stereocenters. The number of rotatable bonds is 6. The number of methoxy groups -OCH3 is 1. The van der Waals surface area contributed by atoms with Gasteiger partial charge in [0, 0.05) is 5.69 Å². The lowest BCUT2D eigenvalue weighted by molar-refractivity contribution is 0.417. The number of ether oxygens (including phenoxy) is 1. The lowest BCUT2D eigenvalue weighted by Crippen LogP contribution is -2.05. The summed E-state index contributed by atoms with van der Waals surface area (Å²) < 4.78 is 5.34. The van der Waals surface area contributed by atoms with Crippen molar-refractivity contribution in [3.8, 4) is 5.75 Å². The highest BCUT2D eigenvalue weighted by molar-refractivity contribution is 5.66. The number of aromatic nitrogens is 3. The second-order valence-electron chi connectivity index (χ2n) is 5.58. The molecule has 6 nitrogen and oxygen atoms in total. The number of benzene rings is 2. The predicted octanol–water partition coefficient (Wildman–Crippen LogP) is 4.24. The van der Waals surface area contributed by atoms with Gasteiger partial charge >= 0.3 is 0 Å². The van der Waals surface area contributed by atoms with E-state index in [4.69, 9.17) is 4.74 Å². The molecular weight excluding hydrogens is 314 g/mol. The maximum absolute atomic E-state index is 5.34. The third-order valence-corrected chi connectivity index (χ3v) is 3.91. The Hall–Kier alpha value is -3.15. The molecule has 25 heavy (non-hydrogen) atoms. The third-order valence-electron chi connectivity index (χ3n) is 3.91. The monoisotopic (exact) mass is 335 g/mol. The van der Waals surface area contributed by atoms with Crippen LogP contribution in [-0.2, 0) is 6.42 Å². The van der Waals surface area contributed by atoms with Crippen LogP contribution in [0, 0.1) is 6.92 Å². The fourth-order valence-electron chi connectivity index (χ4n) is 2.62. The fourth-order valence-corrected chi connectivity index (χ4v) is 2.62. The number of para-hydroxylation sites is 3. The molecule has 0 bridgehead atoms. The van der Waals surface area contributed by atoms with Crippen molar-refractivity contribution in [1.82, 2.24) is 15.2 Å². The molecule has 0 aliphatic carbocycles. The summed E-state index contributed by atoms with van der Waals surface area (Å²) in [6.07, 6.45) is 2.55. The summed E-state index contributed by atoms with van der Waals surface area (Å²) in [6.45, 7) is 4.21. The maximum atomic E-state index is 5.34. The van der Waals surface area contributed by atoms with Gasteiger partial charge in [0.25, 0.3) is 0 Å². The second kappa shape index (κ2) is 7.61. The average molecular weight is 335 g/mol. The van der Waals surface area contributed by atoms with E-state index in [2.05, 4.69) is 57.9 Å². The van der Waals surface area contributed by atoms with Gasteiger partial charge in [0.15, 0.2) is 5.82 Å². The lowest BCUT2D eigenvalue weighted by atomic mass is 10.1. The number of aryl methyl sites for hydroxylation is 2. The zero-order chi connectivity index (χ0) is 17.6. The van der Waals surface area contributed by atoms with E-state index in [1.165, 1.54) is 5.56 Å². The molecule has 1 heterocycles. The van der Waals surface area contributed by atoms with Gasteiger partial charge in [-0.25, -0.2) is 0 Å². The number of hydrogen-bond acceptors (Lipinski definition) is 6. The van der Waals surface area contributed by atoms with E-state index < -0.39 is 0 Å². The molecule has 0 saturated heterocycles. The normalized spacial score (nSPS) is 10.4. The molecule has 0 radical (unpaired) electrons. The summed E-state index contributed by atoms with van der Waals surface area (Å²) in [6, 6.07) is 13.8. The highest BCUT2D eigenvalue weighted by Crippen LogP contribution is 2.27. The van der Waals surface area contributed by atoms with E-state index in [0.29, 0.717) is 11.8 Å².